The van der Waals surface area contributed by atoms with Crippen molar-refractivity contribution in [2.45, 2.75) is 68.5 Å². The Hall–Kier alpha value is -1.08. The minimum absolute atomic E-state index is 0. The Labute approximate surface area is 187 Å². The van der Waals surface area contributed by atoms with E-state index in [-0.39, 0.29) is 55.0 Å². The van der Waals surface area contributed by atoms with Crippen molar-refractivity contribution in [1.82, 2.24) is 10.3 Å². The second-order valence-corrected chi connectivity index (χ2v) is 5.75. The molecule has 0 spiro atoms. The summed E-state index contributed by atoms with van der Waals surface area (Å²) in [7, 11) is 0. The molecule has 0 unspecified atom stereocenters. The van der Waals surface area contributed by atoms with Crippen LogP contribution < -0.4 is 5.32 Å². The first-order valence-electron chi connectivity index (χ1n) is 7.66. The number of nitrogens with one attached hydrogen (secondary N) is 1. The van der Waals surface area contributed by atoms with E-state index in [1.807, 2.05) is 48.7 Å². The molecule has 0 saturated carbocycles. The predicted molar refractivity (Wildman–Crippen MR) is 112 cm³/mol. The molecule has 1 heterocycles. The maximum absolute atomic E-state index is 8.59. The van der Waals surface area contributed by atoms with Crippen molar-refractivity contribution < 1.29 is 32.7 Å². The Kier molecular flexibility index (Phi) is 23.4. The van der Waals surface area contributed by atoms with Gasteiger partial charge in [-0.3, -0.25) is 4.98 Å². The normalized spacial score (nSPS) is 8.50. The van der Waals surface area contributed by atoms with E-state index in [0.29, 0.717) is 12.0 Å². The second-order valence-electron chi connectivity index (χ2n) is 5.75. The smallest absolute Gasteiger partial charge is 0.0991 e. The van der Waals surface area contributed by atoms with Crippen LogP contribution in [0.2, 0.25) is 0 Å². The average molecular weight is 432 g/mol. The van der Waals surface area contributed by atoms with Crippen LogP contribution >= 0.6 is 0 Å². The van der Waals surface area contributed by atoms with Crippen LogP contribution in [0.4, 0.5) is 0 Å². The molecular formula is C22H37N3Y. The number of nitrogens with zero attached hydrogens (tertiary/aromatic N) is 2. The van der Waals surface area contributed by atoms with Crippen LogP contribution in [0.15, 0.2) is 48.7 Å². The molecule has 0 aliphatic heterocycles. The molecule has 1 N–H and O–H groups in total. The number of rotatable bonds is 4. The van der Waals surface area contributed by atoms with E-state index in [1.54, 1.807) is 0 Å². The molecule has 0 aliphatic carbocycles. The minimum Gasteiger partial charge on any atom is -0.309 e. The second kappa shape index (κ2) is 18.7. The van der Waals surface area contributed by atoms with E-state index >= 15 is 0 Å². The summed E-state index contributed by atoms with van der Waals surface area (Å²) in [6, 6.07) is 16.3. The molecule has 2 rings (SSSR count). The number of hydrogen-bond donors (Lipinski definition) is 1. The van der Waals surface area contributed by atoms with Gasteiger partial charge in [0, 0.05) is 51.5 Å². The topological polar surface area (TPSA) is 48.7 Å². The monoisotopic (exact) mass is 432 g/mol. The Bertz CT molecular complexity index is 590. The van der Waals surface area contributed by atoms with Gasteiger partial charge in [-0.1, -0.05) is 68.2 Å². The summed E-state index contributed by atoms with van der Waals surface area (Å²) < 4.78 is 0. The van der Waals surface area contributed by atoms with Gasteiger partial charge in [0.15, 0.2) is 0 Å². The molecule has 4 heteroatoms. The molecule has 3 nitrogen and oxygen atoms in total. The van der Waals surface area contributed by atoms with E-state index in [0.717, 1.165) is 17.8 Å². The van der Waals surface area contributed by atoms with Gasteiger partial charge in [0.05, 0.1) is 17.3 Å². The number of hydrogen-bond acceptors (Lipinski definition) is 3. The van der Waals surface area contributed by atoms with Crippen molar-refractivity contribution in [2.24, 2.45) is 0 Å². The van der Waals surface area contributed by atoms with Crippen LogP contribution in [-0.4, -0.2) is 11.0 Å². The van der Waals surface area contributed by atoms with Crippen molar-refractivity contribution in [3.8, 4) is 6.07 Å². The largest absolute Gasteiger partial charge is 0.309 e. The molecular weight excluding hydrogens is 395 g/mol. The first-order valence-corrected chi connectivity index (χ1v) is 7.66. The van der Waals surface area contributed by atoms with Crippen LogP contribution in [0.25, 0.3) is 0 Å². The van der Waals surface area contributed by atoms with Crippen molar-refractivity contribution in [2.75, 3.05) is 0 Å². The molecule has 2 aromatic rings. The van der Waals surface area contributed by atoms with Crippen LogP contribution in [0.5, 0.6) is 0 Å². The van der Waals surface area contributed by atoms with Gasteiger partial charge in [0.25, 0.3) is 0 Å². The maximum Gasteiger partial charge on any atom is 0.0991 e. The number of nitriles is 1. The summed E-state index contributed by atoms with van der Waals surface area (Å²) in [5, 5.41) is 11.9. The summed E-state index contributed by atoms with van der Waals surface area (Å²) in [5.41, 5.74) is 3.07. The third-order valence-corrected chi connectivity index (χ3v) is 3.10. The molecule has 1 aromatic carbocycles. The molecule has 0 aliphatic rings. The van der Waals surface area contributed by atoms with Crippen molar-refractivity contribution in [1.29, 1.82) is 5.26 Å². The fraction of sp³-hybridized carbons (Fsp3) is 0.455. The molecule has 0 bridgehead atoms. The molecule has 26 heavy (non-hydrogen) atoms. The molecule has 0 atom stereocenters. The summed E-state index contributed by atoms with van der Waals surface area (Å²) in [5.74, 6) is 0.503. The van der Waals surface area contributed by atoms with Gasteiger partial charge in [0.2, 0.25) is 0 Å². The number of pyridine rings is 1. The number of benzene rings is 1. The predicted octanol–water partition coefficient (Wildman–Crippen LogP) is 6.17. The SMILES string of the molecule is C.C.C.CC(C)NCc1ccccn1.CC(C)c1cccc(C#N)c1.[Y]. The standard InChI is InChI=1S/C10H11N.C9H14N2.3CH4.Y/c1-8(2)10-5-3-4-9(6-10)7-11;1-8(2)11-7-9-5-3-4-6-10-9;;;;/h3-6,8H,1-2H3;3-6,8,11H,7H2,1-2H3;3*1H4;. The van der Waals surface area contributed by atoms with Gasteiger partial charge in [-0.05, 0) is 35.7 Å². The zero-order valence-electron chi connectivity index (χ0n) is 14.5. The Morgan fingerprint density at radius 1 is 1.00 bits per heavy atom. The summed E-state index contributed by atoms with van der Waals surface area (Å²) >= 11 is 0. The molecule has 0 amide bonds. The van der Waals surface area contributed by atoms with Gasteiger partial charge in [0.1, 0.15) is 0 Å². The van der Waals surface area contributed by atoms with E-state index in [2.05, 4.69) is 44.1 Å². The Morgan fingerprint density at radius 2 is 1.65 bits per heavy atom. The first kappa shape index (κ1) is 32.6. The van der Waals surface area contributed by atoms with Gasteiger partial charge < -0.3 is 5.32 Å². The van der Waals surface area contributed by atoms with Gasteiger partial charge in [-0.25, -0.2) is 0 Å². The fourth-order valence-corrected chi connectivity index (χ4v) is 1.78. The van der Waals surface area contributed by atoms with Crippen LogP contribution in [0.1, 0.15) is 72.7 Å². The van der Waals surface area contributed by atoms with E-state index < -0.39 is 0 Å². The molecule has 0 saturated heterocycles. The van der Waals surface area contributed by atoms with Crippen molar-refractivity contribution >= 4 is 0 Å². The molecule has 0 fully saturated rings. The van der Waals surface area contributed by atoms with Gasteiger partial charge in [-0.2, -0.15) is 5.26 Å². The van der Waals surface area contributed by atoms with E-state index in [4.69, 9.17) is 5.26 Å². The zero-order valence-corrected chi connectivity index (χ0v) is 17.3. The van der Waals surface area contributed by atoms with Crippen molar-refractivity contribution in [3.63, 3.8) is 0 Å². The maximum atomic E-state index is 8.59. The van der Waals surface area contributed by atoms with E-state index in [1.165, 1.54) is 5.56 Å². The summed E-state index contributed by atoms with van der Waals surface area (Å²) in [4.78, 5) is 4.19. The Morgan fingerprint density at radius 3 is 2.12 bits per heavy atom. The van der Waals surface area contributed by atoms with E-state index in [9.17, 15) is 0 Å². The summed E-state index contributed by atoms with van der Waals surface area (Å²) in [6.07, 6.45) is 1.82. The first-order chi connectivity index (χ1) is 10.5. The quantitative estimate of drug-likeness (QED) is 0.629. The van der Waals surface area contributed by atoms with Gasteiger partial charge >= 0.3 is 0 Å². The zero-order chi connectivity index (χ0) is 16.4. The Balaban J connectivity index is -0.000000161. The molecule has 1 radical (unpaired) electrons. The third-order valence-electron chi connectivity index (χ3n) is 3.10. The van der Waals surface area contributed by atoms with Crippen LogP contribution in [0.3, 0.4) is 0 Å². The molecule has 143 valence electrons. The van der Waals surface area contributed by atoms with Crippen molar-refractivity contribution in [3.05, 3.63) is 65.5 Å². The molecule has 1 aromatic heterocycles. The summed E-state index contributed by atoms with van der Waals surface area (Å²) in [6.45, 7) is 9.36. The van der Waals surface area contributed by atoms with Gasteiger partial charge in [-0.15, -0.1) is 0 Å². The fourth-order valence-electron chi connectivity index (χ4n) is 1.78. The average Bonchev–Trinajstić information content (AvgIpc) is 2.54. The third kappa shape index (κ3) is 14.1. The van der Waals surface area contributed by atoms with Crippen LogP contribution in [0, 0.1) is 11.3 Å². The minimum atomic E-state index is 0. The number of aromatic nitrogens is 1. The van der Waals surface area contributed by atoms with Crippen LogP contribution in [-0.2, 0) is 39.3 Å².